The average Bonchev–Trinajstić information content (AvgIpc) is 3.21. The lowest BCUT2D eigenvalue weighted by Gasteiger charge is -2.18. The normalized spacial score (nSPS) is 17.6. The summed E-state index contributed by atoms with van der Waals surface area (Å²) < 4.78 is 12.0. The molecule has 0 radical (unpaired) electrons. The van der Waals surface area contributed by atoms with Crippen LogP contribution < -0.4 is 10.6 Å². The molecule has 2 amide bonds. The van der Waals surface area contributed by atoms with E-state index in [9.17, 15) is 9.00 Å². The fourth-order valence-electron chi connectivity index (χ4n) is 2.19. The molecule has 1 saturated carbocycles. The summed E-state index contributed by atoms with van der Waals surface area (Å²) in [5.74, 6) is 1.13. The van der Waals surface area contributed by atoms with Gasteiger partial charge in [0.05, 0.1) is 0 Å². The average molecular weight is 322 g/mol. The van der Waals surface area contributed by atoms with Crippen molar-refractivity contribution in [3.63, 3.8) is 0 Å². The summed E-state index contributed by atoms with van der Waals surface area (Å²) in [6.07, 6.45) is 2.41. The fraction of sp³-hybridized carbons (Fsp3) is 0.588. The van der Waals surface area contributed by atoms with Gasteiger partial charge in [0.25, 0.3) is 0 Å². The highest BCUT2D eigenvalue weighted by atomic mass is 32.2. The molecule has 4 nitrogen and oxygen atoms in total. The van der Waals surface area contributed by atoms with Crippen molar-refractivity contribution in [2.75, 3.05) is 5.32 Å². The fourth-order valence-corrected chi connectivity index (χ4v) is 3.11. The molecule has 0 unspecified atom stereocenters. The Morgan fingerprint density at radius 1 is 1.36 bits per heavy atom. The SMILES string of the molecule is C[C@@H](NC(=O)Nc1cccc(C[S@@](=O)C(C)(C)C)c1)C1CC1. The molecule has 2 N–H and O–H groups in total. The zero-order chi connectivity index (χ0) is 16.3. The van der Waals surface area contributed by atoms with Gasteiger partial charge in [-0.15, -0.1) is 0 Å². The van der Waals surface area contributed by atoms with Crippen molar-refractivity contribution in [3.05, 3.63) is 29.8 Å². The summed E-state index contributed by atoms with van der Waals surface area (Å²) >= 11 is 0. The van der Waals surface area contributed by atoms with Gasteiger partial charge < -0.3 is 10.6 Å². The molecule has 0 aliphatic heterocycles. The van der Waals surface area contributed by atoms with Crippen LogP contribution >= 0.6 is 0 Å². The van der Waals surface area contributed by atoms with Crippen LogP contribution in [0.5, 0.6) is 0 Å². The molecule has 0 aromatic heterocycles. The maximum atomic E-state index is 12.2. The van der Waals surface area contributed by atoms with E-state index in [1.54, 1.807) is 0 Å². The third kappa shape index (κ3) is 5.13. The molecule has 0 saturated heterocycles. The van der Waals surface area contributed by atoms with Gasteiger partial charge >= 0.3 is 6.03 Å². The monoisotopic (exact) mass is 322 g/mol. The zero-order valence-electron chi connectivity index (χ0n) is 13.8. The summed E-state index contributed by atoms with van der Waals surface area (Å²) in [6, 6.07) is 7.62. The van der Waals surface area contributed by atoms with Gasteiger partial charge in [-0.25, -0.2) is 4.79 Å². The molecule has 0 bridgehead atoms. The molecule has 5 heteroatoms. The molecule has 2 rings (SSSR count). The number of nitrogens with one attached hydrogen (secondary N) is 2. The highest BCUT2D eigenvalue weighted by Crippen LogP contribution is 2.32. The smallest absolute Gasteiger partial charge is 0.319 e. The van der Waals surface area contributed by atoms with E-state index in [-0.39, 0.29) is 16.8 Å². The lowest BCUT2D eigenvalue weighted by Crippen LogP contribution is -2.37. The standard InChI is InChI=1S/C17H26N2O2S/c1-12(14-8-9-14)18-16(20)19-15-7-5-6-13(10-15)11-22(21)17(2,3)4/h5-7,10,12,14H,8-9,11H2,1-4H3,(H2,18,19,20)/t12-,22-/m1/s1. The van der Waals surface area contributed by atoms with E-state index in [4.69, 9.17) is 0 Å². The minimum atomic E-state index is -0.945. The predicted molar refractivity (Wildman–Crippen MR) is 92.4 cm³/mol. The molecule has 0 spiro atoms. The van der Waals surface area contributed by atoms with E-state index in [1.807, 2.05) is 52.0 Å². The van der Waals surface area contributed by atoms with E-state index in [2.05, 4.69) is 10.6 Å². The van der Waals surface area contributed by atoms with Crippen LogP contribution in [-0.4, -0.2) is 21.0 Å². The summed E-state index contributed by atoms with van der Waals surface area (Å²) in [7, 11) is -0.945. The van der Waals surface area contributed by atoms with E-state index in [0.717, 1.165) is 11.3 Å². The third-order valence-electron chi connectivity index (χ3n) is 3.85. The first-order valence-corrected chi connectivity index (χ1v) is 9.12. The Hall–Kier alpha value is -1.36. The van der Waals surface area contributed by atoms with Gasteiger partial charge in [0.2, 0.25) is 0 Å². The first-order valence-electron chi connectivity index (χ1n) is 7.80. The number of rotatable bonds is 5. The van der Waals surface area contributed by atoms with Crippen molar-refractivity contribution in [2.45, 2.75) is 57.1 Å². The van der Waals surface area contributed by atoms with Crippen LogP contribution in [0, 0.1) is 5.92 Å². The molecule has 22 heavy (non-hydrogen) atoms. The van der Waals surface area contributed by atoms with E-state index >= 15 is 0 Å². The second-order valence-corrected chi connectivity index (χ2v) is 9.23. The predicted octanol–water partition coefficient (Wildman–Crippen LogP) is 3.65. The van der Waals surface area contributed by atoms with E-state index in [0.29, 0.717) is 11.7 Å². The number of amides is 2. The number of anilines is 1. The largest absolute Gasteiger partial charge is 0.335 e. The Morgan fingerprint density at radius 2 is 2.05 bits per heavy atom. The second-order valence-electron chi connectivity index (χ2n) is 7.03. The Morgan fingerprint density at radius 3 is 2.64 bits per heavy atom. The number of urea groups is 1. The molecule has 0 heterocycles. The molecular formula is C17H26N2O2S. The topological polar surface area (TPSA) is 58.2 Å². The van der Waals surface area contributed by atoms with Crippen molar-refractivity contribution >= 4 is 22.5 Å². The Balaban J connectivity index is 1.93. The molecule has 1 aromatic rings. The van der Waals surface area contributed by atoms with Crippen LogP contribution in [0.4, 0.5) is 10.5 Å². The Labute approximate surface area is 135 Å². The van der Waals surface area contributed by atoms with Gasteiger partial charge in [-0.1, -0.05) is 12.1 Å². The van der Waals surface area contributed by atoms with Gasteiger partial charge in [-0.05, 0) is 64.2 Å². The first kappa shape index (κ1) is 17.0. The summed E-state index contributed by atoms with van der Waals surface area (Å²) in [4.78, 5) is 12.0. The molecule has 2 atom stereocenters. The number of hydrogen-bond donors (Lipinski definition) is 2. The highest BCUT2D eigenvalue weighted by Gasteiger charge is 2.28. The minimum absolute atomic E-state index is 0.173. The number of carbonyl (C=O) groups excluding carboxylic acids is 1. The van der Waals surface area contributed by atoms with Gasteiger partial charge in [-0.2, -0.15) is 0 Å². The van der Waals surface area contributed by atoms with Gasteiger partial charge in [0.1, 0.15) is 0 Å². The maximum absolute atomic E-state index is 12.2. The lowest BCUT2D eigenvalue weighted by atomic mass is 10.2. The van der Waals surface area contributed by atoms with Crippen molar-refractivity contribution in [2.24, 2.45) is 5.92 Å². The number of benzene rings is 1. The van der Waals surface area contributed by atoms with E-state index in [1.165, 1.54) is 12.8 Å². The van der Waals surface area contributed by atoms with Crippen molar-refractivity contribution in [3.8, 4) is 0 Å². The van der Waals surface area contributed by atoms with Crippen LogP contribution in [-0.2, 0) is 16.6 Å². The zero-order valence-corrected chi connectivity index (χ0v) is 14.6. The Bertz CT molecular complexity index is 562. The molecule has 122 valence electrons. The molecule has 1 fully saturated rings. The highest BCUT2D eigenvalue weighted by molar-refractivity contribution is 7.85. The van der Waals surface area contributed by atoms with Crippen molar-refractivity contribution < 1.29 is 9.00 Å². The summed E-state index contributed by atoms with van der Waals surface area (Å²) in [6.45, 7) is 7.95. The first-order chi connectivity index (χ1) is 10.3. The number of carbonyl (C=O) groups is 1. The maximum Gasteiger partial charge on any atom is 0.319 e. The van der Waals surface area contributed by atoms with Crippen LogP contribution in [0.1, 0.15) is 46.1 Å². The lowest BCUT2D eigenvalue weighted by molar-refractivity contribution is 0.248. The van der Waals surface area contributed by atoms with Crippen molar-refractivity contribution in [1.82, 2.24) is 5.32 Å². The molecule has 1 aliphatic carbocycles. The molecular weight excluding hydrogens is 296 g/mol. The van der Waals surface area contributed by atoms with Crippen LogP contribution in [0.3, 0.4) is 0 Å². The minimum Gasteiger partial charge on any atom is -0.335 e. The summed E-state index contributed by atoms with van der Waals surface area (Å²) in [5.41, 5.74) is 1.71. The molecule has 1 aromatic carbocycles. The quantitative estimate of drug-likeness (QED) is 0.869. The second kappa shape index (κ2) is 6.82. The van der Waals surface area contributed by atoms with Gasteiger partial charge in [0, 0.05) is 33.0 Å². The van der Waals surface area contributed by atoms with Gasteiger partial charge in [0.15, 0.2) is 0 Å². The van der Waals surface area contributed by atoms with Gasteiger partial charge in [-0.3, -0.25) is 4.21 Å². The van der Waals surface area contributed by atoms with Crippen LogP contribution in [0.2, 0.25) is 0 Å². The van der Waals surface area contributed by atoms with E-state index < -0.39 is 10.8 Å². The third-order valence-corrected chi connectivity index (χ3v) is 5.82. The van der Waals surface area contributed by atoms with Crippen LogP contribution in [0.15, 0.2) is 24.3 Å². The molecule has 1 aliphatic rings. The van der Waals surface area contributed by atoms with Crippen LogP contribution in [0.25, 0.3) is 0 Å². The Kier molecular flexibility index (Phi) is 5.27. The van der Waals surface area contributed by atoms with Crippen molar-refractivity contribution in [1.29, 1.82) is 0 Å². The summed E-state index contributed by atoms with van der Waals surface area (Å²) in [5, 5.41) is 5.82. The number of hydrogen-bond acceptors (Lipinski definition) is 2.